The van der Waals surface area contributed by atoms with Crippen molar-refractivity contribution in [2.45, 2.75) is 46.1 Å². The molecule has 2 aliphatic rings. The van der Waals surface area contributed by atoms with E-state index in [9.17, 15) is 15.1 Å². The Balaban J connectivity index is 1.98. The zero-order chi connectivity index (χ0) is 18.8. The fourth-order valence-corrected chi connectivity index (χ4v) is 2.82. The predicted octanol–water partition coefficient (Wildman–Crippen LogP) is 1.66. The van der Waals surface area contributed by atoms with E-state index in [1.807, 2.05) is 39.6 Å². The van der Waals surface area contributed by atoms with Crippen LogP contribution in [0.2, 0.25) is 0 Å². The van der Waals surface area contributed by atoms with Gasteiger partial charge in [0.15, 0.2) is 5.84 Å². The van der Waals surface area contributed by atoms with Crippen LogP contribution in [0.4, 0.5) is 0 Å². The number of likely N-dealkylation sites (N-methyl/N-ethyl adjacent to an activating group) is 1. The average Bonchev–Trinajstić information content (AvgIpc) is 3.08. The number of hydrogen-bond acceptors (Lipinski definition) is 5. The first-order valence-electron chi connectivity index (χ1n) is 8.83. The highest BCUT2D eigenvalue weighted by atomic mass is 16.5. The van der Waals surface area contributed by atoms with Gasteiger partial charge in [0, 0.05) is 24.7 Å². The summed E-state index contributed by atoms with van der Waals surface area (Å²) in [6, 6.07) is 0. The molecule has 25 heavy (non-hydrogen) atoms. The molecule has 2 aliphatic heterocycles. The van der Waals surface area contributed by atoms with Crippen molar-refractivity contribution in [2.24, 2.45) is 16.3 Å². The minimum absolute atomic E-state index is 0.101. The second-order valence-corrected chi connectivity index (χ2v) is 8.16. The van der Waals surface area contributed by atoms with Gasteiger partial charge >= 0.3 is 0 Å². The molecular weight excluding hydrogens is 322 g/mol. The molecule has 0 radical (unpaired) electrons. The van der Waals surface area contributed by atoms with E-state index in [0.29, 0.717) is 11.6 Å². The van der Waals surface area contributed by atoms with Gasteiger partial charge in [0.2, 0.25) is 0 Å². The smallest absolute Gasteiger partial charge is 0.267 e. The van der Waals surface area contributed by atoms with E-state index in [0.717, 1.165) is 37.7 Å². The van der Waals surface area contributed by atoms with E-state index in [1.54, 1.807) is 6.08 Å². The van der Waals surface area contributed by atoms with Gasteiger partial charge < -0.3 is 9.84 Å². The van der Waals surface area contributed by atoms with Crippen LogP contribution in [-0.2, 0) is 9.53 Å². The van der Waals surface area contributed by atoms with Crippen LogP contribution >= 0.6 is 0 Å². The summed E-state index contributed by atoms with van der Waals surface area (Å²) in [5.41, 5.74) is -0.787. The number of aliphatic hydroxyl groups is 1. The third-order valence-electron chi connectivity index (χ3n) is 5.39. The van der Waals surface area contributed by atoms with Gasteiger partial charge in [-0.05, 0) is 46.2 Å². The lowest BCUT2D eigenvalue weighted by Crippen LogP contribution is -2.49. The minimum atomic E-state index is -0.761. The summed E-state index contributed by atoms with van der Waals surface area (Å²) < 4.78 is 5.39. The highest BCUT2D eigenvalue weighted by Gasteiger charge is 2.38. The molecule has 2 heterocycles. The molecule has 1 atom stereocenters. The van der Waals surface area contributed by atoms with E-state index in [1.165, 1.54) is 0 Å². The number of rotatable bonds is 7. The first-order valence-corrected chi connectivity index (χ1v) is 8.83. The first kappa shape index (κ1) is 20.0. The normalized spacial score (nSPS) is 23.2. The minimum Gasteiger partial charge on any atom is -0.395 e. The Morgan fingerprint density at radius 2 is 2.12 bits per heavy atom. The number of hydroxylamine groups is 2. The molecule has 0 aromatic rings. The molecule has 7 nitrogen and oxygen atoms in total. The van der Waals surface area contributed by atoms with Gasteiger partial charge in [0.1, 0.15) is 0 Å². The SMILES string of the molecule is CN(CC[C@H]1CCOC1)C(C)(C)C(=O)N=C1C=C(C(C)(C)CO)N1O. The largest absolute Gasteiger partial charge is 0.395 e. The van der Waals surface area contributed by atoms with Gasteiger partial charge in [0.05, 0.1) is 17.8 Å². The molecule has 0 aromatic carbocycles. The quantitative estimate of drug-likeness (QED) is 0.724. The molecule has 0 spiro atoms. The van der Waals surface area contributed by atoms with Crippen molar-refractivity contribution in [3.63, 3.8) is 0 Å². The molecule has 142 valence electrons. The molecular formula is C18H31N3O4. The van der Waals surface area contributed by atoms with E-state index < -0.39 is 11.0 Å². The molecule has 7 heteroatoms. The number of carbonyl (C=O) groups excluding carboxylic acids is 1. The lowest BCUT2D eigenvalue weighted by Gasteiger charge is -2.38. The molecule has 1 amide bonds. The molecule has 0 saturated carbocycles. The predicted molar refractivity (Wildman–Crippen MR) is 95.3 cm³/mol. The van der Waals surface area contributed by atoms with Crippen molar-refractivity contribution in [1.82, 2.24) is 9.96 Å². The lowest BCUT2D eigenvalue weighted by molar-refractivity contribution is -0.127. The van der Waals surface area contributed by atoms with Crippen LogP contribution in [0.3, 0.4) is 0 Å². The number of amidine groups is 1. The molecule has 1 fully saturated rings. The topological polar surface area (TPSA) is 85.6 Å². The van der Waals surface area contributed by atoms with E-state index >= 15 is 0 Å². The fraction of sp³-hybridized carbons (Fsp3) is 0.778. The van der Waals surface area contributed by atoms with Crippen molar-refractivity contribution in [2.75, 3.05) is 33.4 Å². The van der Waals surface area contributed by atoms with Crippen LogP contribution in [0.5, 0.6) is 0 Å². The monoisotopic (exact) mass is 353 g/mol. The number of hydrogen-bond donors (Lipinski definition) is 2. The second kappa shape index (κ2) is 7.53. The molecule has 0 unspecified atom stereocenters. The van der Waals surface area contributed by atoms with Gasteiger partial charge in [-0.3, -0.25) is 14.9 Å². The Bertz CT molecular complexity index is 563. The summed E-state index contributed by atoms with van der Waals surface area (Å²) in [5.74, 6) is 0.474. The molecule has 0 aliphatic carbocycles. The lowest BCUT2D eigenvalue weighted by atomic mass is 9.86. The van der Waals surface area contributed by atoms with Crippen molar-refractivity contribution in [3.8, 4) is 0 Å². The Kier molecular flexibility index (Phi) is 6.04. The first-order chi connectivity index (χ1) is 11.6. The summed E-state index contributed by atoms with van der Waals surface area (Å²) in [4.78, 5) is 18.7. The maximum absolute atomic E-state index is 12.6. The van der Waals surface area contributed by atoms with E-state index in [2.05, 4.69) is 4.99 Å². The summed E-state index contributed by atoms with van der Waals surface area (Å²) in [6.07, 6.45) is 3.71. The maximum atomic E-state index is 12.6. The van der Waals surface area contributed by atoms with Crippen LogP contribution in [0.1, 0.15) is 40.5 Å². The average molecular weight is 353 g/mol. The Morgan fingerprint density at radius 3 is 2.64 bits per heavy atom. The van der Waals surface area contributed by atoms with E-state index in [-0.39, 0.29) is 18.3 Å². The zero-order valence-electron chi connectivity index (χ0n) is 15.9. The maximum Gasteiger partial charge on any atom is 0.267 e. The van der Waals surface area contributed by atoms with Crippen molar-refractivity contribution in [3.05, 3.63) is 11.8 Å². The van der Waals surface area contributed by atoms with Crippen molar-refractivity contribution >= 4 is 11.7 Å². The Labute approximate surface area is 149 Å². The fourth-order valence-electron chi connectivity index (χ4n) is 2.82. The number of ether oxygens (including phenoxy) is 1. The Morgan fingerprint density at radius 1 is 1.44 bits per heavy atom. The van der Waals surface area contributed by atoms with Gasteiger partial charge in [0.25, 0.3) is 5.91 Å². The molecule has 2 N–H and O–H groups in total. The summed E-state index contributed by atoms with van der Waals surface area (Å²) in [7, 11) is 1.92. The molecule has 2 rings (SSSR count). The summed E-state index contributed by atoms with van der Waals surface area (Å²) in [5, 5.41) is 20.3. The van der Waals surface area contributed by atoms with E-state index in [4.69, 9.17) is 4.74 Å². The van der Waals surface area contributed by atoms with Gasteiger partial charge in [-0.1, -0.05) is 13.8 Å². The Hall–Kier alpha value is -1.28. The molecule has 1 saturated heterocycles. The van der Waals surface area contributed by atoms with Gasteiger partial charge in [-0.2, -0.15) is 4.99 Å². The standard InChI is InChI=1S/C18H31N3O4/c1-17(2,12-22)14-10-15(21(14)24)19-16(23)18(3,4)20(5)8-6-13-7-9-25-11-13/h10,13,22,24H,6-9,11-12H2,1-5H3/t13-/m0/s1. The second-order valence-electron chi connectivity index (χ2n) is 8.16. The van der Waals surface area contributed by atoms with Gasteiger partial charge in [-0.25, -0.2) is 5.06 Å². The van der Waals surface area contributed by atoms with Crippen LogP contribution in [0.25, 0.3) is 0 Å². The van der Waals surface area contributed by atoms with Gasteiger partial charge in [-0.15, -0.1) is 0 Å². The van der Waals surface area contributed by atoms with Crippen LogP contribution in [0, 0.1) is 11.3 Å². The third-order valence-corrected chi connectivity index (χ3v) is 5.39. The highest BCUT2D eigenvalue weighted by Crippen LogP contribution is 2.33. The number of amides is 1. The van der Waals surface area contributed by atoms with Crippen LogP contribution in [0.15, 0.2) is 16.8 Å². The molecule has 0 aromatic heterocycles. The molecule has 0 bridgehead atoms. The number of carbonyl (C=O) groups is 1. The zero-order valence-corrected chi connectivity index (χ0v) is 15.9. The summed E-state index contributed by atoms with van der Waals surface area (Å²) >= 11 is 0. The summed E-state index contributed by atoms with van der Waals surface area (Å²) in [6.45, 7) is 9.62. The van der Waals surface area contributed by atoms with Crippen molar-refractivity contribution < 1.29 is 19.8 Å². The third kappa shape index (κ3) is 4.28. The van der Waals surface area contributed by atoms with Crippen molar-refractivity contribution in [1.29, 1.82) is 0 Å². The highest BCUT2D eigenvalue weighted by molar-refractivity contribution is 6.07. The number of nitrogens with zero attached hydrogens (tertiary/aromatic N) is 3. The number of aliphatic hydroxyl groups excluding tert-OH is 1. The van der Waals surface area contributed by atoms with Crippen LogP contribution < -0.4 is 0 Å². The van der Waals surface area contributed by atoms with Crippen LogP contribution in [-0.4, -0.2) is 71.0 Å². The number of aliphatic imine (C=N–C) groups is 1.